The number of aliphatic hydroxyl groups is 1. The first-order valence-corrected chi connectivity index (χ1v) is 12.5. The largest absolute Gasteiger partial charge is 0.464 e. The molecule has 0 spiro atoms. The molecule has 2 fully saturated rings. The number of rotatable bonds is 9. The van der Waals surface area contributed by atoms with Gasteiger partial charge in [-0.15, -0.1) is 0 Å². The van der Waals surface area contributed by atoms with Gasteiger partial charge < -0.3 is 25.0 Å². The molecular weight excluding hydrogens is 473 g/mol. The van der Waals surface area contributed by atoms with E-state index in [0.29, 0.717) is 34.4 Å². The van der Waals surface area contributed by atoms with Crippen molar-refractivity contribution in [3.05, 3.63) is 70.9 Å². The first kappa shape index (κ1) is 24.9. The predicted octanol–water partition coefficient (Wildman–Crippen LogP) is 4.66. The minimum atomic E-state index is -0.895. The molecule has 0 saturated carbocycles. The lowest BCUT2D eigenvalue weighted by Crippen LogP contribution is -2.48. The summed E-state index contributed by atoms with van der Waals surface area (Å²) in [4.78, 5) is 17.7. The molecule has 0 aliphatic carbocycles. The van der Waals surface area contributed by atoms with E-state index in [0.717, 1.165) is 44.6 Å². The van der Waals surface area contributed by atoms with Crippen molar-refractivity contribution in [1.82, 2.24) is 10.2 Å². The third-order valence-corrected chi connectivity index (χ3v) is 7.17. The van der Waals surface area contributed by atoms with Crippen molar-refractivity contribution in [2.24, 2.45) is 5.92 Å². The van der Waals surface area contributed by atoms with E-state index < -0.39 is 12.1 Å². The highest BCUT2D eigenvalue weighted by molar-refractivity contribution is 6.32. The Labute approximate surface area is 211 Å². The van der Waals surface area contributed by atoms with Crippen LogP contribution < -0.4 is 15.0 Å². The van der Waals surface area contributed by atoms with Gasteiger partial charge in [-0.05, 0) is 74.3 Å². The first-order chi connectivity index (χ1) is 16.4. The summed E-state index contributed by atoms with van der Waals surface area (Å²) >= 11 is 12.3. The highest BCUT2D eigenvalue weighted by Crippen LogP contribution is 2.30. The summed E-state index contributed by atoms with van der Waals surface area (Å²) in [5.74, 6) is 0.300. The maximum atomic E-state index is 13.3. The zero-order valence-electron chi connectivity index (χ0n) is 19.1. The molecule has 2 aromatic rings. The number of ether oxygens (including phenoxy) is 1. The van der Waals surface area contributed by atoms with Crippen LogP contribution >= 0.6 is 23.2 Å². The molecule has 2 aliphatic rings. The average Bonchev–Trinajstić information content (AvgIpc) is 3.53. The number of carbonyl (C=O) groups excluding carboxylic acids is 1. The number of nitrogens with zero attached hydrogens (tertiary/aromatic N) is 2. The SMILES string of the molecule is C=COc1ccc(C(O)C(CN2CCCC2)NC(=O)C2CCN(c3ccc(Cl)cc3)C2)cc1Cl. The molecule has 2 aliphatic heterocycles. The van der Waals surface area contributed by atoms with Crippen molar-refractivity contribution >= 4 is 34.8 Å². The van der Waals surface area contributed by atoms with Crippen LogP contribution in [-0.2, 0) is 4.79 Å². The van der Waals surface area contributed by atoms with Gasteiger partial charge in [0.25, 0.3) is 0 Å². The van der Waals surface area contributed by atoms with E-state index in [4.69, 9.17) is 27.9 Å². The number of anilines is 1. The molecule has 2 N–H and O–H groups in total. The highest BCUT2D eigenvalue weighted by atomic mass is 35.5. The Kier molecular flexibility index (Phi) is 8.37. The van der Waals surface area contributed by atoms with E-state index in [2.05, 4.69) is 21.7 Å². The van der Waals surface area contributed by atoms with Crippen molar-refractivity contribution < 1.29 is 14.6 Å². The van der Waals surface area contributed by atoms with E-state index in [1.165, 1.54) is 6.26 Å². The summed E-state index contributed by atoms with van der Waals surface area (Å²) < 4.78 is 5.28. The van der Waals surface area contributed by atoms with E-state index in [-0.39, 0.29) is 11.8 Å². The van der Waals surface area contributed by atoms with Gasteiger partial charge >= 0.3 is 0 Å². The van der Waals surface area contributed by atoms with Crippen molar-refractivity contribution in [2.45, 2.75) is 31.4 Å². The van der Waals surface area contributed by atoms with Gasteiger partial charge in [-0.2, -0.15) is 0 Å². The van der Waals surface area contributed by atoms with Crippen molar-refractivity contribution in [1.29, 1.82) is 0 Å². The van der Waals surface area contributed by atoms with Gasteiger partial charge in [0.15, 0.2) is 0 Å². The van der Waals surface area contributed by atoms with Crippen molar-refractivity contribution in [2.75, 3.05) is 37.6 Å². The van der Waals surface area contributed by atoms with Gasteiger partial charge in [-0.25, -0.2) is 0 Å². The fraction of sp³-hybridized carbons (Fsp3) is 0.423. The fourth-order valence-corrected chi connectivity index (χ4v) is 5.11. The van der Waals surface area contributed by atoms with Crippen LogP contribution in [0.1, 0.15) is 30.9 Å². The molecule has 1 amide bonds. The van der Waals surface area contributed by atoms with Gasteiger partial charge in [0.05, 0.1) is 23.2 Å². The summed E-state index contributed by atoms with van der Waals surface area (Å²) in [6.07, 6.45) is 3.45. The molecular formula is C26H31Cl2N3O3. The fourth-order valence-electron chi connectivity index (χ4n) is 4.75. The molecule has 0 bridgehead atoms. The van der Waals surface area contributed by atoms with E-state index in [9.17, 15) is 9.90 Å². The van der Waals surface area contributed by atoms with Crippen LogP contribution in [0.15, 0.2) is 55.3 Å². The molecule has 8 heteroatoms. The lowest BCUT2D eigenvalue weighted by atomic mass is 10.00. The standard InChI is InChI=1S/C26H31Cl2N3O3/c1-2-34-24-10-5-18(15-22(24)28)25(32)23(17-30-12-3-4-13-30)29-26(33)19-11-14-31(16-19)21-8-6-20(27)7-9-21/h2,5-10,15,19,23,25,32H,1,3-4,11-14,16-17H2,(H,29,33). The van der Waals surface area contributed by atoms with Crippen LogP contribution in [0, 0.1) is 5.92 Å². The van der Waals surface area contributed by atoms with Gasteiger partial charge in [0, 0.05) is 30.3 Å². The monoisotopic (exact) mass is 503 g/mol. The topological polar surface area (TPSA) is 65.0 Å². The summed E-state index contributed by atoms with van der Waals surface area (Å²) in [5, 5.41) is 15.5. The Morgan fingerprint density at radius 2 is 1.91 bits per heavy atom. The summed E-state index contributed by atoms with van der Waals surface area (Å²) in [7, 11) is 0. The number of likely N-dealkylation sites (tertiary alicyclic amines) is 1. The molecule has 4 rings (SSSR count). The van der Waals surface area contributed by atoms with Gasteiger partial charge in [0.2, 0.25) is 5.91 Å². The molecule has 182 valence electrons. The number of hydrogen-bond acceptors (Lipinski definition) is 5. The molecule has 34 heavy (non-hydrogen) atoms. The van der Waals surface area contributed by atoms with Crippen LogP contribution in [-0.4, -0.2) is 54.7 Å². The maximum Gasteiger partial charge on any atom is 0.225 e. The van der Waals surface area contributed by atoms with Crippen molar-refractivity contribution in [3.8, 4) is 5.75 Å². The van der Waals surface area contributed by atoms with Crippen LogP contribution in [0.2, 0.25) is 10.0 Å². The summed E-state index contributed by atoms with van der Waals surface area (Å²) in [6.45, 7) is 7.52. The Hall–Kier alpha value is -2.25. The normalized spacial score (nSPS) is 20.2. The zero-order chi connectivity index (χ0) is 24.1. The van der Waals surface area contributed by atoms with Crippen LogP contribution in [0.3, 0.4) is 0 Å². The van der Waals surface area contributed by atoms with E-state index in [1.807, 2.05) is 24.3 Å². The second-order valence-corrected chi connectivity index (χ2v) is 9.79. The summed E-state index contributed by atoms with van der Waals surface area (Å²) in [5.41, 5.74) is 1.70. The molecule has 2 heterocycles. The number of aliphatic hydroxyl groups excluding tert-OH is 1. The lowest BCUT2D eigenvalue weighted by Gasteiger charge is -2.30. The predicted molar refractivity (Wildman–Crippen MR) is 137 cm³/mol. The lowest BCUT2D eigenvalue weighted by molar-refractivity contribution is -0.126. The van der Waals surface area contributed by atoms with Crippen LogP contribution in [0.4, 0.5) is 5.69 Å². The van der Waals surface area contributed by atoms with E-state index in [1.54, 1.807) is 18.2 Å². The third-order valence-electron chi connectivity index (χ3n) is 6.62. The number of hydrogen-bond donors (Lipinski definition) is 2. The highest BCUT2D eigenvalue weighted by Gasteiger charge is 2.33. The molecule has 3 atom stereocenters. The molecule has 6 nitrogen and oxygen atoms in total. The van der Waals surface area contributed by atoms with E-state index >= 15 is 0 Å². The van der Waals surface area contributed by atoms with Gasteiger partial charge in [-0.3, -0.25) is 4.79 Å². The Morgan fingerprint density at radius 1 is 1.18 bits per heavy atom. The second-order valence-electron chi connectivity index (χ2n) is 8.95. The molecule has 2 aromatic carbocycles. The molecule has 0 radical (unpaired) electrons. The quantitative estimate of drug-likeness (QED) is 0.487. The Morgan fingerprint density at radius 3 is 2.59 bits per heavy atom. The number of carbonyl (C=O) groups is 1. The maximum absolute atomic E-state index is 13.3. The number of amides is 1. The van der Waals surface area contributed by atoms with Crippen molar-refractivity contribution in [3.63, 3.8) is 0 Å². The Balaban J connectivity index is 1.45. The number of halogens is 2. The number of benzene rings is 2. The molecule has 0 aromatic heterocycles. The Bertz CT molecular complexity index is 995. The average molecular weight is 504 g/mol. The molecule has 3 unspecified atom stereocenters. The minimum absolute atomic E-state index is 0.0302. The first-order valence-electron chi connectivity index (χ1n) is 11.7. The zero-order valence-corrected chi connectivity index (χ0v) is 20.6. The van der Waals surface area contributed by atoms with Gasteiger partial charge in [-0.1, -0.05) is 35.8 Å². The van der Waals surface area contributed by atoms with Crippen LogP contribution in [0.25, 0.3) is 0 Å². The minimum Gasteiger partial charge on any atom is -0.464 e. The number of nitrogens with one attached hydrogen (secondary N) is 1. The molecule has 2 saturated heterocycles. The second kappa shape index (κ2) is 11.5. The smallest absolute Gasteiger partial charge is 0.225 e. The van der Waals surface area contributed by atoms with Crippen LogP contribution in [0.5, 0.6) is 5.75 Å². The third kappa shape index (κ3) is 6.05. The summed E-state index contributed by atoms with van der Waals surface area (Å²) in [6, 6.07) is 12.4. The van der Waals surface area contributed by atoms with Gasteiger partial charge in [0.1, 0.15) is 11.9 Å².